The molecule has 3 N–H and O–H groups in total. The summed E-state index contributed by atoms with van der Waals surface area (Å²) in [4.78, 5) is 39.7. The number of hydrogen-bond donors (Lipinski definition) is 2. The predicted octanol–water partition coefficient (Wildman–Crippen LogP) is 3.89. The van der Waals surface area contributed by atoms with Crippen LogP contribution in [0.3, 0.4) is 0 Å². The Kier molecular flexibility index (Phi) is 8.64. The van der Waals surface area contributed by atoms with E-state index in [1.165, 1.54) is 30.1 Å². The van der Waals surface area contributed by atoms with Crippen LogP contribution in [0.1, 0.15) is 29.5 Å². The number of amides is 2. The molecule has 3 aromatic carbocycles. The molecule has 0 unspecified atom stereocenters. The number of carbonyl (C=O) groups excluding carboxylic acids is 3. The monoisotopic (exact) mass is 587 g/mol. The van der Waals surface area contributed by atoms with Crippen LogP contribution in [0.5, 0.6) is 0 Å². The molecule has 1 saturated carbocycles. The number of sulfonamides is 1. The number of primary sulfonamides is 1. The first-order valence-electron chi connectivity index (χ1n) is 12.7. The Balaban J connectivity index is 1.38. The molecule has 0 bridgehead atoms. The molecule has 0 radical (unpaired) electrons. The number of hydrogen-bond acceptors (Lipinski definition) is 5. The quantitative estimate of drug-likeness (QED) is 0.414. The third kappa shape index (κ3) is 7.19. The van der Waals surface area contributed by atoms with Crippen LogP contribution in [0.25, 0.3) is 11.1 Å². The lowest BCUT2D eigenvalue weighted by Gasteiger charge is -2.24. The Bertz CT molecular complexity index is 1560. The lowest BCUT2D eigenvalue weighted by molar-refractivity contribution is -0.140. The summed E-state index contributed by atoms with van der Waals surface area (Å²) in [5.41, 5.74) is 1.46. The Morgan fingerprint density at radius 2 is 1.51 bits per heavy atom. The van der Waals surface area contributed by atoms with E-state index in [4.69, 9.17) is 5.14 Å². The van der Waals surface area contributed by atoms with E-state index >= 15 is 0 Å². The van der Waals surface area contributed by atoms with Gasteiger partial charge in [-0.3, -0.25) is 14.4 Å². The fourth-order valence-electron chi connectivity index (χ4n) is 4.90. The van der Waals surface area contributed by atoms with Crippen molar-refractivity contribution in [2.75, 3.05) is 7.05 Å². The first-order chi connectivity index (χ1) is 19.2. The fraction of sp³-hybridized carbons (Fsp3) is 0.276. The Morgan fingerprint density at radius 3 is 2.12 bits per heavy atom. The smallest absolute Gasteiger partial charge is 0.352 e. The number of alkyl halides is 3. The zero-order chi connectivity index (χ0) is 29.9. The molecule has 1 aliphatic rings. The topological polar surface area (TPSA) is 127 Å². The largest absolute Gasteiger partial charge is 0.416 e. The van der Waals surface area contributed by atoms with E-state index in [0.29, 0.717) is 22.3 Å². The zero-order valence-corrected chi connectivity index (χ0v) is 22.8. The molecule has 1 fully saturated rings. The number of rotatable bonds is 8. The van der Waals surface area contributed by atoms with Gasteiger partial charge in [0.15, 0.2) is 0 Å². The average molecular weight is 588 g/mol. The molecule has 8 nitrogen and oxygen atoms in total. The molecule has 2 atom stereocenters. The number of carbonyl (C=O) groups is 3. The van der Waals surface area contributed by atoms with Gasteiger partial charge in [0.2, 0.25) is 21.8 Å². The molecule has 0 aromatic heterocycles. The maximum Gasteiger partial charge on any atom is 0.416 e. The predicted molar refractivity (Wildman–Crippen MR) is 144 cm³/mol. The van der Waals surface area contributed by atoms with E-state index in [9.17, 15) is 36.0 Å². The highest BCUT2D eigenvalue weighted by atomic mass is 32.2. The highest BCUT2D eigenvalue weighted by molar-refractivity contribution is 7.89. The van der Waals surface area contributed by atoms with Crippen LogP contribution in [-0.4, -0.2) is 38.0 Å². The Labute approximate surface area is 235 Å². The van der Waals surface area contributed by atoms with Crippen LogP contribution in [0.15, 0.2) is 77.7 Å². The van der Waals surface area contributed by atoms with Crippen molar-refractivity contribution in [1.29, 1.82) is 0 Å². The van der Waals surface area contributed by atoms with Crippen molar-refractivity contribution < 1.29 is 36.0 Å². The summed E-state index contributed by atoms with van der Waals surface area (Å²) in [6.07, 6.45) is -4.64. The molecule has 41 heavy (non-hydrogen) atoms. The number of nitrogens with zero attached hydrogens (tertiary/aromatic N) is 1. The molecule has 0 heterocycles. The number of ketones is 1. The molecule has 3 aromatic rings. The minimum atomic E-state index is -4.47. The van der Waals surface area contributed by atoms with E-state index in [1.54, 1.807) is 42.5 Å². The van der Waals surface area contributed by atoms with Gasteiger partial charge in [-0.05, 0) is 34.9 Å². The Morgan fingerprint density at radius 1 is 0.927 bits per heavy atom. The third-order valence-corrected chi connectivity index (χ3v) is 8.01. The molecule has 0 saturated heterocycles. The van der Waals surface area contributed by atoms with Crippen LogP contribution in [0.2, 0.25) is 0 Å². The van der Waals surface area contributed by atoms with E-state index in [0.717, 1.165) is 12.1 Å². The van der Waals surface area contributed by atoms with Crippen molar-refractivity contribution in [2.24, 2.45) is 17.0 Å². The number of nitrogens with one attached hydrogen (secondary N) is 1. The summed E-state index contributed by atoms with van der Waals surface area (Å²) in [7, 11) is -2.45. The standard InChI is InChI=1S/C29H28F3N3O5S/c1-35(17-19-8-12-21(13-9-19)29(30,31)32)28(38)25-15-22(36)14-24(25)27(37)34-16-18-6-10-20(11-7-18)23-4-2-3-5-26(23)41(33,39)40/h2-13,24-25H,14-17H2,1H3,(H,34,37)(H2,33,39,40)/t24-,25-/m1/s1. The summed E-state index contributed by atoms with van der Waals surface area (Å²) in [6.45, 7) is 0.139. The van der Waals surface area contributed by atoms with Crippen LogP contribution < -0.4 is 10.5 Å². The van der Waals surface area contributed by atoms with E-state index < -0.39 is 45.4 Å². The highest BCUT2D eigenvalue weighted by Crippen LogP contribution is 2.33. The molecule has 0 spiro atoms. The lowest BCUT2D eigenvalue weighted by Crippen LogP contribution is -2.40. The summed E-state index contributed by atoms with van der Waals surface area (Å²) in [6, 6.07) is 17.6. The van der Waals surface area contributed by atoms with Crippen molar-refractivity contribution >= 4 is 27.6 Å². The maximum absolute atomic E-state index is 13.1. The van der Waals surface area contributed by atoms with Gasteiger partial charge in [0, 0.05) is 38.5 Å². The van der Waals surface area contributed by atoms with Crippen molar-refractivity contribution in [3.05, 3.63) is 89.5 Å². The molecular formula is C29H28F3N3O5S. The lowest BCUT2D eigenvalue weighted by atomic mass is 9.93. The number of benzene rings is 3. The van der Waals surface area contributed by atoms with Gasteiger partial charge in [-0.25, -0.2) is 13.6 Å². The summed E-state index contributed by atoms with van der Waals surface area (Å²) >= 11 is 0. The highest BCUT2D eigenvalue weighted by Gasteiger charge is 2.43. The number of halogens is 3. The SMILES string of the molecule is CN(Cc1ccc(C(F)(F)F)cc1)C(=O)[C@@H]1CC(=O)C[C@H]1C(=O)NCc1ccc(-c2ccccc2S(N)(=O)=O)cc1. The minimum Gasteiger partial charge on any atom is -0.352 e. The first-order valence-corrected chi connectivity index (χ1v) is 14.2. The number of nitrogens with two attached hydrogens (primary N) is 1. The zero-order valence-electron chi connectivity index (χ0n) is 22.0. The fourth-order valence-corrected chi connectivity index (χ4v) is 5.66. The molecule has 12 heteroatoms. The van der Waals surface area contributed by atoms with Crippen molar-refractivity contribution in [3.63, 3.8) is 0 Å². The van der Waals surface area contributed by atoms with E-state index in [1.807, 2.05) is 0 Å². The van der Waals surface area contributed by atoms with Crippen molar-refractivity contribution in [1.82, 2.24) is 10.2 Å². The van der Waals surface area contributed by atoms with Gasteiger partial charge in [0.25, 0.3) is 0 Å². The van der Waals surface area contributed by atoms with Gasteiger partial charge in [-0.15, -0.1) is 0 Å². The molecular weight excluding hydrogens is 559 g/mol. The second kappa shape index (κ2) is 11.8. The van der Waals surface area contributed by atoms with Gasteiger partial charge in [-0.2, -0.15) is 13.2 Å². The molecule has 1 aliphatic carbocycles. The number of Topliss-reactive ketones (excluding diaryl/α,β-unsaturated/α-hetero) is 1. The van der Waals surface area contributed by atoms with E-state index in [-0.39, 0.29) is 36.6 Å². The second-order valence-corrected chi connectivity index (χ2v) is 11.5. The van der Waals surface area contributed by atoms with E-state index in [2.05, 4.69) is 5.32 Å². The third-order valence-electron chi connectivity index (χ3n) is 7.04. The normalized spacial score (nSPS) is 17.3. The Hall–Kier alpha value is -4.03. The van der Waals surface area contributed by atoms with Gasteiger partial charge in [0.05, 0.1) is 22.3 Å². The molecule has 216 valence electrons. The molecule has 4 rings (SSSR count). The average Bonchev–Trinajstić information content (AvgIpc) is 3.32. The van der Waals surface area contributed by atoms with Crippen LogP contribution in [0, 0.1) is 11.8 Å². The van der Waals surface area contributed by atoms with Gasteiger partial charge < -0.3 is 10.2 Å². The molecule has 0 aliphatic heterocycles. The summed E-state index contributed by atoms with van der Waals surface area (Å²) < 4.78 is 62.3. The van der Waals surface area contributed by atoms with Gasteiger partial charge >= 0.3 is 6.18 Å². The first kappa shape index (κ1) is 29.9. The second-order valence-electron chi connectivity index (χ2n) is 10.0. The minimum absolute atomic E-state index is 0.00838. The summed E-state index contributed by atoms with van der Waals surface area (Å²) in [5.74, 6) is -2.86. The van der Waals surface area contributed by atoms with Crippen molar-refractivity contribution in [2.45, 2.75) is 37.0 Å². The maximum atomic E-state index is 13.1. The van der Waals surface area contributed by atoms with Gasteiger partial charge in [-0.1, -0.05) is 54.6 Å². The van der Waals surface area contributed by atoms with Crippen LogP contribution in [0.4, 0.5) is 13.2 Å². The van der Waals surface area contributed by atoms with Crippen LogP contribution in [-0.2, 0) is 43.7 Å². The molecule has 2 amide bonds. The van der Waals surface area contributed by atoms with Gasteiger partial charge in [0.1, 0.15) is 5.78 Å². The van der Waals surface area contributed by atoms with Crippen LogP contribution >= 0.6 is 0 Å². The summed E-state index contributed by atoms with van der Waals surface area (Å²) in [5, 5.41) is 8.09. The van der Waals surface area contributed by atoms with Crippen molar-refractivity contribution in [3.8, 4) is 11.1 Å².